The summed E-state index contributed by atoms with van der Waals surface area (Å²) in [5.41, 5.74) is 5.66. The first-order valence-electron chi connectivity index (χ1n) is 9.03. The van der Waals surface area contributed by atoms with Crippen LogP contribution in [0.25, 0.3) is 0 Å². The molecule has 0 aliphatic heterocycles. The highest BCUT2D eigenvalue weighted by atomic mass is 127. The lowest BCUT2D eigenvalue weighted by Crippen LogP contribution is -2.24. The van der Waals surface area contributed by atoms with Crippen LogP contribution in [-0.4, -0.2) is 27.6 Å². The standard InChI is InChI=1S/C21H18F2IN3O4S/c1-27(32(2,29)30)14-4-6-15(7-5-14)31-19-10-12(22)9-18(20(19)21(25)28)26-17-8-3-13(24)11-16(17)23/h3-11,26H,1-2H3,(H2,25,28). The highest BCUT2D eigenvalue weighted by Crippen LogP contribution is 2.34. The van der Waals surface area contributed by atoms with Crippen LogP contribution in [0, 0.1) is 15.2 Å². The Morgan fingerprint density at radius 2 is 1.72 bits per heavy atom. The molecular formula is C21H18F2IN3O4S. The first-order chi connectivity index (χ1) is 15.0. The maximum absolute atomic E-state index is 14.3. The summed E-state index contributed by atoms with van der Waals surface area (Å²) in [5, 5.41) is 2.68. The molecule has 3 rings (SSSR count). The van der Waals surface area contributed by atoms with E-state index in [-0.39, 0.29) is 28.4 Å². The molecule has 0 atom stereocenters. The molecule has 3 aromatic rings. The number of anilines is 3. The highest BCUT2D eigenvalue weighted by Gasteiger charge is 2.20. The van der Waals surface area contributed by atoms with Gasteiger partial charge in [0, 0.05) is 16.7 Å². The van der Waals surface area contributed by atoms with Crippen molar-refractivity contribution in [2.24, 2.45) is 5.73 Å². The Kier molecular flexibility index (Phi) is 6.88. The predicted molar refractivity (Wildman–Crippen MR) is 127 cm³/mol. The lowest BCUT2D eigenvalue weighted by atomic mass is 10.1. The zero-order valence-electron chi connectivity index (χ0n) is 16.9. The van der Waals surface area contributed by atoms with Crippen molar-refractivity contribution in [1.29, 1.82) is 0 Å². The van der Waals surface area contributed by atoms with Crippen molar-refractivity contribution in [3.05, 3.63) is 75.4 Å². The fourth-order valence-electron chi connectivity index (χ4n) is 2.79. The molecule has 11 heteroatoms. The normalized spacial score (nSPS) is 11.2. The molecule has 0 radical (unpaired) electrons. The molecule has 7 nitrogen and oxygen atoms in total. The number of sulfonamides is 1. The van der Waals surface area contributed by atoms with Crippen LogP contribution in [0.4, 0.5) is 25.8 Å². The molecule has 0 aliphatic rings. The number of nitrogens with one attached hydrogen (secondary N) is 1. The molecule has 0 aromatic heterocycles. The number of halogens is 3. The number of hydrogen-bond acceptors (Lipinski definition) is 5. The number of hydrogen-bond donors (Lipinski definition) is 2. The van der Waals surface area contributed by atoms with E-state index in [1.165, 1.54) is 43.4 Å². The van der Waals surface area contributed by atoms with E-state index in [1.807, 2.05) is 22.6 Å². The van der Waals surface area contributed by atoms with E-state index >= 15 is 0 Å². The van der Waals surface area contributed by atoms with Gasteiger partial charge in [-0.05, 0) is 71.1 Å². The molecule has 0 aliphatic carbocycles. The number of amides is 1. The summed E-state index contributed by atoms with van der Waals surface area (Å²) in [4.78, 5) is 12.1. The average molecular weight is 573 g/mol. The van der Waals surface area contributed by atoms with Gasteiger partial charge in [-0.1, -0.05) is 0 Å². The van der Waals surface area contributed by atoms with E-state index in [4.69, 9.17) is 10.5 Å². The molecular weight excluding hydrogens is 555 g/mol. The Balaban J connectivity index is 1.97. The molecule has 0 bridgehead atoms. The number of primary amides is 1. The molecule has 0 saturated carbocycles. The first kappa shape index (κ1) is 23.7. The number of ether oxygens (including phenoxy) is 1. The number of nitrogens with two attached hydrogens (primary N) is 1. The van der Waals surface area contributed by atoms with E-state index in [1.54, 1.807) is 6.07 Å². The van der Waals surface area contributed by atoms with Crippen molar-refractivity contribution >= 4 is 55.6 Å². The van der Waals surface area contributed by atoms with Crippen LogP contribution in [0.3, 0.4) is 0 Å². The zero-order chi connectivity index (χ0) is 23.6. The van der Waals surface area contributed by atoms with Crippen molar-refractivity contribution in [3.8, 4) is 11.5 Å². The van der Waals surface area contributed by atoms with E-state index in [9.17, 15) is 22.0 Å². The van der Waals surface area contributed by atoms with E-state index in [0.717, 1.165) is 22.7 Å². The minimum atomic E-state index is -3.45. The first-order valence-corrected chi connectivity index (χ1v) is 12.0. The van der Waals surface area contributed by atoms with Crippen molar-refractivity contribution in [1.82, 2.24) is 0 Å². The monoisotopic (exact) mass is 573 g/mol. The van der Waals surface area contributed by atoms with E-state index in [2.05, 4.69) is 5.32 Å². The van der Waals surface area contributed by atoms with Crippen LogP contribution >= 0.6 is 22.6 Å². The highest BCUT2D eigenvalue weighted by molar-refractivity contribution is 14.1. The Morgan fingerprint density at radius 3 is 2.28 bits per heavy atom. The van der Waals surface area contributed by atoms with Gasteiger partial charge >= 0.3 is 0 Å². The lowest BCUT2D eigenvalue weighted by Gasteiger charge is -2.18. The topological polar surface area (TPSA) is 102 Å². The van der Waals surface area contributed by atoms with Crippen LogP contribution in [-0.2, 0) is 10.0 Å². The summed E-state index contributed by atoms with van der Waals surface area (Å²) in [6.45, 7) is 0. The third-order valence-electron chi connectivity index (χ3n) is 4.44. The Bertz CT molecular complexity index is 1280. The Hall–Kier alpha value is -2.93. The van der Waals surface area contributed by atoms with Gasteiger partial charge in [-0.25, -0.2) is 17.2 Å². The summed E-state index contributed by atoms with van der Waals surface area (Å²) in [6, 6.07) is 12.2. The van der Waals surface area contributed by atoms with Crippen LogP contribution in [0.5, 0.6) is 11.5 Å². The number of nitrogens with zero attached hydrogens (tertiary/aromatic N) is 1. The summed E-state index contributed by atoms with van der Waals surface area (Å²) >= 11 is 1.95. The van der Waals surface area contributed by atoms with Gasteiger partial charge in [0.2, 0.25) is 10.0 Å². The van der Waals surface area contributed by atoms with Crippen molar-refractivity contribution in [2.75, 3.05) is 22.9 Å². The summed E-state index contributed by atoms with van der Waals surface area (Å²) in [5.74, 6) is -2.23. The molecule has 1 amide bonds. The minimum absolute atomic E-state index is 0.0256. The SMILES string of the molecule is CN(c1ccc(Oc2cc(F)cc(Nc3ccc(I)cc3F)c2C(N)=O)cc1)S(C)(=O)=O. The quantitative estimate of drug-likeness (QED) is 0.403. The maximum Gasteiger partial charge on any atom is 0.254 e. The molecule has 3 N–H and O–H groups in total. The lowest BCUT2D eigenvalue weighted by molar-refractivity contribution is 0.0999. The van der Waals surface area contributed by atoms with Crippen LogP contribution in [0.15, 0.2) is 54.6 Å². The number of rotatable bonds is 7. The fourth-order valence-corrected chi connectivity index (χ4v) is 3.75. The van der Waals surface area contributed by atoms with Crippen molar-refractivity contribution in [3.63, 3.8) is 0 Å². The van der Waals surface area contributed by atoms with Gasteiger partial charge in [0.05, 0.1) is 23.3 Å². The predicted octanol–water partition coefficient (Wildman–Crippen LogP) is 4.60. The fraction of sp³-hybridized carbons (Fsp3) is 0.0952. The average Bonchev–Trinajstić information content (AvgIpc) is 2.69. The second kappa shape index (κ2) is 9.28. The third kappa shape index (κ3) is 5.46. The summed E-state index contributed by atoms with van der Waals surface area (Å²) in [6.07, 6.45) is 1.06. The van der Waals surface area contributed by atoms with Crippen LogP contribution in [0.2, 0.25) is 0 Å². The number of benzene rings is 3. The molecule has 0 saturated heterocycles. The summed E-state index contributed by atoms with van der Waals surface area (Å²) in [7, 11) is -2.06. The van der Waals surface area contributed by atoms with Crippen LogP contribution < -0.4 is 20.1 Å². The van der Waals surface area contributed by atoms with E-state index in [0.29, 0.717) is 9.26 Å². The minimum Gasteiger partial charge on any atom is -0.456 e. The van der Waals surface area contributed by atoms with Gasteiger partial charge in [-0.3, -0.25) is 9.10 Å². The van der Waals surface area contributed by atoms with Gasteiger partial charge < -0.3 is 15.8 Å². The largest absolute Gasteiger partial charge is 0.456 e. The van der Waals surface area contributed by atoms with Gasteiger partial charge in [0.15, 0.2) is 0 Å². The molecule has 168 valence electrons. The van der Waals surface area contributed by atoms with Crippen LogP contribution in [0.1, 0.15) is 10.4 Å². The van der Waals surface area contributed by atoms with Crippen molar-refractivity contribution < 1.29 is 26.7 Å². The Labute approximate surface area is 197 Å². The van der Waals surface area contributed by atoms with E-state index < -0.39 is 27.6 Å². The molecule has 32 heavy (non-hydrogen) atoms. The smallest absolute Gasteiger partial charge is 0.254 e. The second-order valence-electron chi connectivity index (χ2n) is 6.77. The summed E-state index contributed by atoms with van der Waals surface area (Å²) < 4.78 is 59.3. The molecule has 3 aromatic carbocycles. The Morgan fingerprint density at radius 1 is 1.06 bits per heavy atom. The van der Waals surface area contributed by atoms with Gasteiger partial charge in [-0.2, -0.15) is 0 Å². The molecule has 0 spiro atoms. The number of carbonyl (C=O) groups is 1. The molecule has 0 heterocycles. The zero-order valence-corrected chi connectivity index (χ0v) is 19.9. The van der Waals surface area contributed by atoms with Gasteiger partial charge in [-0.15, -0.1) is 0 Å². The third-order valence-corrected chi connectivity index (χ3v) is 6.32. The second-order valence-corrected chi connectivity index (χ2v) is 10.0. The maximum atomic E-state index is 14.3. The molecule has 0 fully saturated rings. The molecule has 0 unspecified atom stereocenters. The van der Waals surface area contributed by atoms with Crippen molar-refractivity contribution in [2.45, 2.75) is 0 Å². The van der Waals surface area contributed by atoms with Gasteiger partial charge in [0.25, 0.3) is 5.91 Å². The van der Waals surface area contributed by atoms with Gasteiger partial charge in [0.1, 0.15) is 28.7 Å². The number of carbonyl (C=O) groups excluding carboxylic acids is 1.